The number of aliphatic carboxylic acids is 2. The summed E-state index contributed by atoms with van der Waals surface area (Å²) < 4.78 is 0. The van der Waals surface area contributed by atoms with E-state index in [2.05, 4.69) is 9.98 Å². The smallest absolute Gasteiger partial charge is 0.334 e. The summed E-state index contributed by atoms with van der Waals surface area (Å²) in [4.78, 5) is 31.3. The molecule has 112 valence electrons. The summed E-state index contributed by atoms with van der Waals surface area (Å²) in [6.07, 6.45) is 1.36. The molecule has 0 aliphatic carbocycles. The lowest BCUT2D eigenvalue weighted by Crippen LogP contribution is -2.35. The van der Waals surface area contributed by atoms with Crippen LogP contribution in [0.1, 0.15) is 31.0 Å². The van der Waals surface area contributed by atoms with Crippen LogP contribution in [0.3, 0.4) is 0 Å². The van der Waals surface area contributed by atoms with E-state index in [-0.39, 0.29) is 22.5 Å². The normalized spacial score (nSPS) is 21.0. The van der Waals surface area contributed by atoms with E-state index in [0.717, 1.165) is 0 Å². The summed E-state index contributed by atoms with van der Waals surface area (Å²) in [5, 5.41) is 27.9. The zero-order chi connectivity index (χ0) is 16.4. The Morgan fingerprint density at radius 2 is 2.00 bits per heavy atom. The van der Waals surface area contributed by atoms with E-state index in [4.69, 9.17) is 5.26 Å². The maximum absolute atomic E-state index is 11.6. The van der Waals surface area contributed by atoms with Crippen LogP contribution in [0.25, 0.3) is 0 Å². The first kappa shape index (κ1) is 15.4. The molecular formula is C15H13N3O4. The molecule has 1 aliphatic heterocycles. The Balaban J connectivity index is 2.70. The van der Waals surface area contributed by atoms with Crippen LogP contribution >= 0.6 is 0 Å². The highest BCUT2D eigenvalue weighted by atomic mass is 16.4. The first-order valence-corrected chi connectivity index (χ1v) is 6.45. The molecule has 2 N–H and O–H groups in total. The number of carboxylic acids is 2. The number of pyridine rings is 1. The van der Waals surface area contributed by atoms with Crippen LogP contribution in [0, 0.1) is 17.2 Å². The topological polar surface area (TPSA) is 124 Å². The van der Waals surface area contributed by atoms with Crippen molar-refractivity contribution in [1.82, 2.24) is 4.98 Å². The Hall–Kier alpha value is -3.01. The number of carbonyl (C=O) groups is 2. The monoisotopic (exact) mass is 299 g/mol. The summed E-state index contributed by atoms with van der Waals surface area (Å²) in [7, 11) is 0. The summed E-state index contributed by atoms with van der Waals surface area (Å²) in [5.74, 6) is -4.53. The number of carboxylic acid groups (broad SMARTS) is 2. The van der Waals surface area contributed by atoms with Crippen LogP contribution in [0.5, 0.6) is 0 Å². The van der Waals surface area contributed by atoms with Gasteiger partial charge >= 0.3 is 11.9 Å². The Labute approximate surface area is 126 Å². The third-order valence-electron chi connectivity index (χ3n) is 3.55. The third-order valence-corrected chi connectivity index (χ3v) is 3.55. The van der Waals surface area contributed by atoms with Gasteiger partial charge in [-0.1, -0.05) is 0 Å². The molecule has 0 fully saturated rings. The fourth-order valence-corrected chi connectivity index (χ4v) is 2.64. The van der Waals surface area contributed by atoms with Gasteiger partial charge in [0.25, 0.3) is 0 Å². The van der Waals surface area contributed by atoms with E-state index in [1.54, 1.807) is 6.92 Å². The third kappa shape index (κ3) is 2.59. The van der Waals surface area contributed by atoms with Crippen LogP contribution in [0.4, 0.5) is 0 Å². The van der Waals surface area contributed by atoms with Gasteiger partial charge in [0.1, 0.15) is 5.92 Å². The summed E-state index contributed by atoms with van der Waals surface area (Å²) in [6.45, 7) is 3.06. The number of aromatic nitrogens is 1. The lowest BCUT2D eigenvalue weighted by Gasteiger charge is -2.28. The molecule has 2 heterocycles. The number of hydrogen-bond acceptors (Lipinski definition) is 5. The summed E-state index contributed by atoms with van der Waals surface area (Å²) >= 11 is 0. The van der Waals surface area contributed by atoms with Crippen LogP contribution in [0.15, 0.2) is 34.6 Å². The predicted molar refractivity (Wildman–Crippen MR) is 76.3 cm³/mol. The van der Waals surface area contributed by atoms with Crippen LogP contribution in [0.2, 0.25) is 0 Å². The van der Waals surface area contributed by atoms with Gasteiger partial charge < -0.3 is 10.2 Å². The Kier molecular flexibility index (Phi) is 4.04. The van der Waals surface area contributed by atoms with E-state index >= 15 is 0 Å². The fraction of sp³-hybridized carbons (Fsp3) is 0.267. The first-order chi connectivity index (χ1) is 10.4. The van der Waals surface area contributed by atoms with Crippen molar-refractivity contribution in [1.29, 1.82) is 5.26 Å². The van der Waals surface area contributed by atoms with Crippen molar-refractivity contribution >= 4 is 17.7 Å². The van der Waals surface area contributed by atoms with E-state index in [0.29, 0.717) is 5.71 Å². The molecule has 0 aromatic carbocycles. The van der Waals surface area contributed by atoms with Crippen molar-refractivity contribution in [3.63, 3.8) is 0 Å². The average molecular weight is 299 g/mol. The van der Waals surface area contributed by atoms with Crippen molar-refractivity contribution in [3.05, 3.63) is 40.9 Å². The van der Waals surface area contributed by atoms with Gasteiger partial charge in [0.2, 0.25) is 0 Å². The van der Waals surface area contributed by atoms with Crippen LogP contribution < -0.4 is 0 Å². The van der Waals surface area contributed by atoms with E-state index < -0.39 is 23.8 Å². The Morgan fingerprint density at radius 3 is 2.55 bits per heavy atom. The molecule has 2 rings (SSSR count). The van der Waals surface area contributed by atoms with Crippen LogP contribution in [-0.2, 0) is 9.59 Å². The van der Waals surface area contributed by atoms with E-state index in [9.17, 15) is 19.8 Å². The molecule has 2 unspecified atom stereocenters. The molecule has 0 spiro atoms. The molecule has 1 aromatic rings. The Morgan fingerprint density at radius 1 is 1.32 bits per heavy atom. The number of aliphatic imine (C=N–C) groups is 1. The highest BCUT2D eigenvalue weighted by molar-refractivity contribution is 6.06. The minimum absolute atomic E-state index is 0.111. The lowest BCUT2D eigenvalue weighted by atomic mass is 9.77. The van der Waals surface area contributed by atoms with Gasteiger partial charge in [-0.2, -0.15) is 5.26 Å². The minimum Gasteiger partial charge on any atom is -0.481 e. The van der Waals surface area contributed by atoms with Crippen molar-refractivity contribution < 1.29 is 19.8 Å². The molecular weight excluding hydrogens is 286 g/mol. The van der Waals surface area contributed by atoms with Gasteiger partial charge in [-0.15, -0.1) is 0 Å². The highest BCUT2D eigenvalue weighted by Gasteiger charge is 2.41. The van der Waals surface area contributed by atoms with Gasteiger partial charge in [0.05, 0.1) is 28.8 Å². The molecule has 2 atom stereocenters. The van der Waals surface area contributed by atoms with Crippen molar-refractivity contribution in [2.45, 2.75) is 19.8 Å². The van der Waals surface area contributed by atoms with Crippen LogP contribution in [-0.4, -0.2) is 32.8 Å². The van der Waals surface area contributed by atoms with Crippen molar-refractivity contribution in [2.24, 2.45) is 10.9 Å². The molecule has 22 heavy (non-hydrogen) atoms. The second-order valence-electron chi connectivity index (χ2n) is 4.93. The molecule has 0 saturated carbocycles. The zero-order valence-electron chi connectivity index (χ0n) is 11.9. The number of hydrogen-bond donors (Lipinski definition) is 2. The Bertz CT molecular complexity index is 758. The number of rotatable bonds is 3. The molecule has 0 amide bonds. The standard InChI is InChI=1S/C15H13N3O4/c1-7-11(14(19)20)13(12(15(21)22)8(2)18-7)10-5-9(6-16)3-4-17-10/h3-5,11,13H,1-2H3,(H,19,20)(H,21,22). The van der Waals surface area contributed by atoms with Gasteiger partial charge in [-0.25, -0.2) is 4.79 Å². The first-order valence-electron chi connectivity index (χ1n) is 6.45. The maximum atomic E-state index is 11.6. The maximum Gasteiger partial charge on any atom is 0.334 e. The van der Waals surface area contributed by atoms with Gasteiger partial charge in [0, 0.05) is 17.6 Å². The predicted octanol–water partition coefficient (Wildman–Crippen LogP) is 1.57. The largest absolute Gasteiger partial charge is 0.481 e. The SMILES string of the molecule is CC1=NC(C)=C(C(=O)O)C(c2cc(C#N)ccn2)C1C(=O)O. The minimum atomic E-state index is -1.24. The second kappa shape index (κ2) is 5.77. The van der Waals surface area contributed by atoms with Gasteiger partial charge in [0.15, 0.2) is 0 Å². The molecule has 0 bridgehead atoms. The van der Waals surface area contributed by atoms with E-state index in [1.165, 1.54) is 25.3 Å². The molecule has 7 nitrogen and oxygen atoms in total. The fourth-order valence-electron chi connectivity index (χ4n) is 2.64. The van der Waals surface area contributed by atoms with Gasteiger partial charge in [-0.3, -0.25) is 14.8 Å². The van der Waals surface area contributed by atoms with Crippen molar-refractivity contribution in [2.75, 3.05) is 0 Å². The molecule has 0 radical (unpaired) electrons. The number of nitriles is 1. The quantitative estimate of drug-likeness (QED) is 0.873. The number of allylic oxidation sites excluding steroid dienone is 1. The molecule has 1 aliphatic rings. The summed E-state index contributed by atoms with van der Waals surface area (Å²) in [6, 6.07) is 4.82. The average Bonchev–Trinajstić information content (AvgIpc) is 2.45. The second-order valence-corrected chi connectivity index (χ2v) is 4.93. The summed E-state index contributed by atoms with van der Waals surface area (Å²) in [5.41, 5.74) is 0.968. The molecule has 1 aromatic heterocycles. The highest BCUT2D eigenvalue weighted by Crippen LogP contribution is 2.38. The lowest BCUT2D eigenvalue weighted by molar-refractivity contribution is -0.140. The number of nitrogens with zero attached hydrogens (tertiary/aromatic N) is 3. The van der Waals surface area contributed by atoms with Crippen molar-refractivity contribution in [3.8, 4) is 6.07 Å². The molecule has 7 heteroatoms. The zero-order valence-corrected chi connectivity index (χ0v) is 11.9. The van der Waals surface area contributed by atoms with E-state index in [1.807, 2.05) is 6.07 Å². The molecule has 0 saturated heterocycles. The van der Waals surface area contributed by atoms with Gasteiger partial charge in [-0.05, 0) is 26.0 Å².